The highest BCUT2D eigenvalue weighted by Crippen LogP contribution is 2.39. The van der Waals surface area contributed by atoms with E-state index in [4.69, 9.17) is 23.1 Å². The first kappa shape index (κ1) is 20.6. The van der Waals surface area contributed by atoms with Crippen LogP contribution in [0, 0.1) is 0 Å². The van der Waals surface area contributed by atoms with E-state index in [0.29, 0.717) is 34.6 Å². The van der Waals surface area contributed by atoms with E-state index in [9.17, 15) is 4.79 Å². The standard InChI is InChI=1S/C21H23ClN6OS/c1-2-12-7-8-16-18(17(12)26-19(24)14-5-3-4-6-15(14)22)30-20(25-16)27-21(29)28-10-9-13(23)11-28/h2-6,13H,1,7-11,23H2,(H2,24,26)(H,25,27,29)/t13-/m1/s1. The van der Waals surface area contributed by atoms with Gasteiger partial charge in [-0.05, 0) is 37.0 Å². The molecule has 7 nitrogen and oxygen atoms in total. The van der Waals surface area contributed by atoms with Gasteiger partial charge in [-0.1, -0.05) is 47.7 Å². The summed E-state index contributed by atoms with van der Waals surface area (Å²) in [6.45, 7) is 5.13. The third-order valence-electron chi connectivity index (χ3n) is 5.20. The first-order chi connectivity index (χ1) is 14.5. The molecular formula is C21H23ClN6OS. The number of carbonyl (C=O) groups is 1. The highest BCUT2D eigenvalue weighted by Gasteiger charge is 2.27. The molecule has 1 aliphatic heterocycles. The number of amidine groups is 1. The molecule has 1 fully saturated rings. The maximum absolute atomic E-state index is 12.5. The van der Waals surface area contributed by atoms with E-state index in [1.807, 2.05) is 18.2 Å². The Kier molecular flexibility index (Phi) is 5.90. The number of hydrogen-bond acceptors (Lipinski definition) is 5. The van der Waals surface area contributed by atoms with E-state index < -0.39 is 0 Å². The molecule has 2 aromatic rings. The molecule has 1 aromatic heterocycles. The number of allylic oxidation sites excluding steroid dienone is 2. The van der Waals surface area contributed by atoms with Crippen molar-refractivity contribution in [1.29, 1.82) is 0 Å². The smallest absolute Gasteiger partial charge is 0.323 e. The van der Waals surface area contributed by atoms with Gasteiger partial charge in [-0.2, -0.15) is 0 Å². The van der Waals surface area contributed by atoms with Crippen LogP contribution in [0.4, 0.5) is 9.93 Å². The number of aryl methyl sites for hydroxylation is 1. The number of nitrogens with zero attached hydrogens (tertiary/aromatic N) is 3. The molecule has 2 aliphatic rings. The molecule has 1 saturated heterocycles. The number of aromatic nitrogens is 1. The minimum absolute atomic E-state index is 0.0343. The largest absolute Gasteiger partial charge is 0.383 e. The molecule has 1 aromatic carbocycles. The average molecular weight is 443 g/mol. The number of halogens is 1. The SMILES string of the molecule is C=CC1=C(/N=C(\N)c2ccccc2Cl)c2sc(NC(=O)N3CC[C@@H](N)C3)nc2CC1. The number of rotatable bonds is 4. The number of anilines is 1. The maximum Gasteiger partial charge on any atom is 0.323 e. The van der Waals surface area contributed by atoms with Crippen LogP contribution < -0.4 is 16.8 Å². The lowest BCUT2D eigenvalue weighted by atomic mass is 9.98. The second kappa shape index (κ2) is 8.59. The van der Waals surface area contributed by atoms with Crippen LogP contribution in [0.1, 0.15) is 29.0 Å². The van der Waals surface area contributed by atoms with Crippen LogP contribution in [0.5, 0.6) is 0 Å². The summed E-state index contributed by atoms with van der Waals surface area (Å²) in [5.74, 6) is 0.327. The lowest BCUT2D eigenvalue weighted by molar-refractivity contribution is 0.222. The van der Waals surface area contributed by atoms with Gasteiger partial charge in [0.2, 0.25) is 0 Å². The summed E-state index contributed by atoms with van der Waals surface area (Å²) in [5, 5.41) is 3.98. The first-order valence-electron chi connectivity index (χ1n) is 9.72. The summed E-state index contributed by atoms with van der Waals surface area (Å²) < 4.78 is 0. The second-order valence-corrected chi connectivity index (χ2v) is 8.68. The van der Waals surface area contributed by atoms with Gasteiger partial charge in [0.15, 0.2) is 5.13 Å². The summed E-state index contributed by atoms with van der Waals surface area (Å²) in [6, 6.07) is 7.17. The summed E-state index contributed by atoms with van der Waals surface area (Å²) in [5.41, 5.74) is 15.5. The van der Waals surface area contributed by atoms with E-state index in [1.54, 1.807) is 17.0 Å². The van der Waals surface area contributed by atoms with Crippen LogP contribution >= 0.6 is 22.9 Å². The van der Waals surface area contributed by atoms with Crippen molar-refractivity contribution in [2.45, 2.75) is 25.3 Å². The number of nitrogens with one attached hydrogen (secondary N) is 1. The molecule has 1 aliphatic carbocycles. The zero-order valence-corrected chi connectivity index (χ0v) is 18.0. The van der Waals surface area contributed by atoms with Crippen LogP contribution in [0.2, 0.25) is 5.02 Å². The Morgan fingerprint density at radius 3 is 2.90 bits per heavy atom. The van der Waals surface area contributed by atoms with Crippen molar-refractivity contribution in [3.05, 3.63) is 63.7 Å². The molecule has 4 rings (SSSR count). The van der Waals surface area contributed by atoms with Crippen molar-refractivity contribution in [1.82, 2.24) is 9.88 Å². The molecule has 0 unspecified atom stereocenters. The maximum atomic E-state index is 12.5. The Morgan fingerprint density at radius 2 is 2.20 bits per heavy atom. The first-order valence-corrected chi connectivity index (χ1v) is 10.9. The number of carbonyl (C=O) groups excluding carboxylic acids is 1. The molecule has 0 saturated carbocycles. The minimum Gasteiger partial charge on any atom is -0.383 e. The van der Waals surface area contributed by atoms with Crippen molar-refractivity contribution < 1.29 is 4.79 Å². The average Bonchev–Trinajstić information content (AvgIpc) is 3.34. The Morgan fingerprint density at radius 1 is 1.40 bits per heavy atom. The zero-order chi connectivity index (χ0) is 21.3. The van der Waals surface area contributed by atoms with Gasteiger partial charge in [0.25, 0.3) is 0 Å². The van der Waals surface area contributed by atoms with Gasteiger partial charge in [0.1, 0.15) is 5.84 Å². The van der Waals surface area contributed by atoms with Gasteiger partial charge < -0.3 is 16.4 Å². The lowest BCUT2D eigenvalue weighted by Gasteiger charge is -2.15. The van der Waals surface area contributed by atoms with Crippen molar-refractivity contribution in [2.75, 3.05) is 18.4 Å². The monoisotopic (exact) mass is 442 g/mol. The molecule has 1 atom stereocenters. The zero-order valence-electron chi connectivity index (χ0n) is 16.4. The van der Waals surface area contributed by atoms with Gasteiger partial charge in [0, 0.05) is 24.7 Å². The van der Waals surface area contributed by atoms with Gasteiger partial charge in [0.05, 0.1) is 21.3 Å². The van der Waals surface area contributed by atoms with Crippen LogP contribution in [-0.2, 0) is 6.42 Å². The van der Waals surface area contributed by atoms with Crippen molar-refractivity contribution >= 4 is 45.6 Å². The molecule has 5 N–H and O–H groups in total. The fourth-order valence-corrected chi connectivity index (χ4v) is 4.85. The number of benzene rings is 1. The Labute approximate surface area is 184 Å². The second-order valence-electron chi connectivity index (χ2n) is 7.27. The molecule has 0 radical (unpaired) electrons. The number of aliphatic imine (C=N–C) groups is 1. The number of thiazole rings is 1. The number of likely N-dealkylation sites (tertiary alicyclic amines) is 1. The predicted molar refractivity (Wildman–Crippen MR) is 123 cm³/mol. The summed E-state index contributed by atoms with van der Waals surface area (Å²) >= 11 is 7.66. The minimum atomic E-state index is -0.178. The van der Waals surface area contributed by atoms with Crippen molar-refractivity contribution in [2.24, 2.45) is 16.5 Å². The molecule has 30 heavy (non-hydrogen) atoms. The van der Waals surface area contributed by atoms with Gasteiger partial charge in [-0.3, -0.25) is 5.32 Å². The molecular weight excluding hydrogens is 420 g/mol. The quantitative estimate of drug-likeness (QED) is 0.496. The van der Waals surface area contributed by atoms with Crippen LogP contribution in [-0.4, -0.2) is 40.9 Å². The fraction of sp³-hybridized carbons (Fsp3) is 0.286. The predicted octanol–water partition coefficient (Wildman–Crippen LogP) is 3.61. The Bertz CT molecular complexity index is 1060. The highest BCUT2D eigenvalue weighted by atomic mass is 35.5. The molecule has 2 amide bonds. The summed E-state index contributed by atoms with van der Waals surface area (Å²) in [4.78, 5) is 24.4. The fourth-order valence-electron chi connectivity index (χ4n) is 3.59. The number of amides is 2. The Balaban J connectivity index is 1.63. The van der Waals surface area contributed by atoms with Gasteiger partial charge in [-0.15, -0.1) is 0 Å². The van der Waals surface area contributed by atoms with Crippen LogP contribution in [0.3, 0.4) is 0 Å². The number of hydrogen-bond donors (Lipinski definition) is 3. The number of fused-ring (bicyclic) bond motifs is 1. The third-order valence-corrected chi connectivity index (χ3v) is 6.55. The number of nitrogens with two attached hydrogens (primary N) is 2. The third kappa shape index (κ3) is 4.12. The highest BCUT2D eigenvalue weighted by molar-refractivity contribution is 7.17. The van der Waals surface area contributed by atoms with E-state index in [-0.39, 0.29) is 12.1 Å². The van der Waals surface area contributed by atoms with Crippen molar-refractivity contribution in [3.8, 4) is 0 Å². The molecule has 0 spiro atoms. The van der Waals surface area contributed by atoms with Crippen LogP contribution in [0.15, 0.2) is 47.5 Å². The summed E-state index contributed by atoms with van der Waals surface area (Å²) in [6.07, 6.45) is 4.12. The normalized spacial score (nSPS) is 19.1. The molecule has 0 bridgehead atoms. The van der Waals surface area contributed by atoms with Crippen LogP contribution in [0.25, 0.3) is 5.70 Å². The Hall–Kier alpha value is -2.68. The van der Waals surface area contributed by atoms with Crippen molar-refractivity contribution in [3.63, 3.8) is 0 Å². The van der Waals surface area contributed by atoms with Gasteiger partial charge in [-0.25, -0.2) is 14.8 Å². The molecule has 9 heteroatoms. The van der Waals surface area contributed by atoms with E-state index >= 15 is 0 Å². The number of urea groups is 1. The lowest BCUT2D eigenvalue weighted by Crippen LogP contribution is -2.35. The molecule has 2 heterocycles. The van der Waals surface area contributed by atoms with E-state index in [2.05, 4.69) is 21.9 Å². The van der Waals surface area contributed by atoms with E-state index in [1.165, 1.54) is 11.3 Å². The summed E-state index contributed by atoms with van der Waals surface area (Å²) in [7, 11) is 0. The topological polar surface area (TPSA) is 110 Å². The molecule has 156 valence electrons. The van der Waals surface area contributed by atoms with E-state index in [0.717, 1.165) is 41.1 Å². The van der Waals surface area contributed by atoms with Gasteiger partial charge >= 0.3 is 6.03 Å².